The van der Waals surface area contributed by atoms with E-state index in [0.717, 1.165) is 7.11 Å². The van der Waals surface area contributed by atoms with Crippen molar-refractivity contribution in [1.82, 2.24) is 0 Å². The highest BCUT2D eigenvalue weighted by Gasteiger charge is 2.25. The summed E-state index contributed by atoms with van der Waals surface area (Å²) in [5, 5.41) is 29.0. The number of aliphatic hydroxyl groups excluding tert-OH is 1. The number of aliphatic hydroxyl groups is 1. The van der Waals surface area contributed by atoms with Gasteiger partial charge in [-0.3, -0.25) is 4.79 Å². The van der Waals surface area contributed by atoms with Gasteiger partial charge in [0.1, 0.15) is 14.9 Å². The minimum atomic E-state index is -3.07. The Bertz CT molecular complexity index is 583. The summed E-state index contributed by atoms with van der Waals surface area (Å²) in [6.45, 7) is 0. The Morgan fingerprint density at radius 3 is 2.88 bits per heavy atom. The Morgan fingerprint density at radius 2 is 2.31 bits per heavy atom. The van der Waals surface area contributed by atoms with Gasteiger partial charge < -0.3 is 25.8 Å². The third-order valence-corrected chi connectivity index (χ3v) is 1.72. The number of phenolic OH excluding ortho intramolecular Hbond substituents is 2. The van der Waals surface area contributed by atoms with E-state index in [1.807, 2.05) is 0 Å². The SMILES string of the molecule is [2H]c1c([2H])c([C@@H](O)[C@@]([2H])(C(=O)OC)N([2H])[2H])c([2H])c(O)c1O. The van der Waals surface area contributed by atoms with Crippen LogP contribution in [0.5, 0.6) is 11.5 Å². The molecule has 5 N–H and O–H groups in total. The summed E-state index contributed by atoms with van der Waals surface area (Å²) in [6.07, 6.45) is -2.44. The number of carbonyl (C=O) groups excluding carboxylic acids is 1. The number of hydrogen-bond donors (Lipinski definition) is 4. The monoisotopic (exact) mass is 233 g/mol. The first kappa shape index (κ1) is 6.07. The molecule has 6 nitrogen and oxygen atoms in total. The Kier molecular flexibility index (Phi) is 1.83. The Labute approximate surface area is 100 Å². The average molecular weight is 233 g/mol. The average Bonchev–Trinajstić information content (AvgIpc) is 2.48. The molecule has 0 aliphatic heterocycles. The van der Waals surface area contributed by atoms with Gasteiger partial charge in [0.05, 0.1) is 12.6 Å². The van der Waals surface area contributed by atoms with Crippen LogP contribution in [0, 0.1) is 0 Å². The zero-order valence-corrected chi connectivity index (χ0v) is 8.18. The zero-order chi connectivity index (χ0) is 17.4. The number of benzene rings is 1. The second-order valence-corrected chi connectivity index (χ2v) is 2.77. The lowest BCUT2D eigenvalue weighted by molar-refractivity contribution is -0.145. The van der Waals surface area contributed by atoms with E-state index in [0.29, 0.717) is 0 Å². The third-order valence-electron chi connectivity index (χ3n) is 1.72. The fourth-order valence-corrected chi connectivity index (χ4v) is 0.893. The van der Waals surface area contributed by atoms with Gasteiger partial charge in [0.25, 0.3) is 0 Å². The molecule has 0 bridgehead atoms. The molecule has 0 fully saturated rings. The van der Waals surface area contributed by atoms with Crippen molar-refractivity contribution >= 4 is 5.97 Å². The van der Waals surface area contributed by atoms with Crippen LogP contribution in [0.1, 0.15) is 17.2 Å². The number of aromatic hydroxyl groups is 2. The highest BCUT2D eigenvalue weighted by molar-refractivity contribution is 5.76. The van der Waals surface area contributed by atoms with Crippen LogP contribution >= 0.6 is 0 Å². The van der Waals surface area contributed by atoms with E-state index < -0.39 is 59.0 Å². The second-order valence-electron chi connectivity index (χ2n) is 2.77. The van der Waals surface area contributed by atoms with Crippen molar-refractivity contribution < 1.29 is 33.2 Å². The molecule has 6 heteroatoms. The van der Waals surface area contributed by atoms with Crippen LogP contribution in [0.25, 0.3) is 0 Å². The fourth-order valence-electron chi connectivity index (χ4n) is 0.893. The van der Waals surface area contributed by atoms with Gasteiger partial charge in [-0.25, -0.2) is 0 Å². The molecular weight excluding hydrogens is 214 g/mol. The number of nitrogens with two attached hydrogens (primary N) is 1. The van der Waals surface area contributed by atoms with Gasteiger partial charge >= 0.3 is 5.97 Å². The number of ether oxygens (including phenoxy) is 1. The van der Waals surface area contributed by atoms with E-state index in [9.17, 15) is 20.1 Å². The number of rotatable bonds is 4. The number of methoxy groups -OCH3 is 1. The molecule has 0 unspecified atom stereocenters. The van der Waals surface area contributed by atoms with Crippen LogP contribution in [-0.2, 0) is 9.53 Å². The Balaban J connectivity index is 3.64. The maximum atomic E-state index is 11.6. The standard InChI is InChI=1S/C10H13NO5/c1-16-10(15)8(11)9(14)5-2-3-6(12)7(13)4-5/h2-4,8-9,12-14H,11H2,1H3/t8-,9+/m0/s1/i2D,3D,4D,8D/hD2. The van der Waals surface area contributed by atoms with Crippen molar-refractivity contribution in [2.75, 3.05) is 7.11 Å². The maximum Gasteiger partial charge on any atom is 0.325 e. The minimum Gasteiger partial charge on any atom is -0.504 e. The molecule has 0 saturated carbocycles. The first-order valence-corrected chi connectivity index (χ1v) is 4.07. The van der Waals surface area contributed by atoms with Crippen molar-refractivity contribution in [2.45, 2.75) is 12.1 Å². The Morgan fingerprint density at radius 1 is 1.62 bits per heavy atom. The van der Waals surface area contributed by atoms with E-state index in [4.69, 9.17) is 8.31 Å². The molecule has 0 aromatic heterocycles. The van der Waals surface area contributed by atoms with Gasteiger partial charge in [0.2, 0.25) is 0 Å². The summed E-state index contributed by atoms with van der Waals surface area (Å²) in [6, 6.07) is -5.96. The number of esters is 1. The van der Waals surface area contributed by atoms with Crippen LogP contribution in [0.3, 0.4) is 0 Å². The molecule has 0 aliphatic carbocycles. The van der Waals surface area contributed by atoms with Crippen molar-refractivity contribution in [3.05, 3.63) is 23.7 Å². The van der Waals surface area contributed by atoms with Gasteiger partial charge in [-0.2, -0.15) is 0 Å². The topological polar surface area (TPSA) is 113 Å². The van der Waals surface area contributed by atoms with Crippen LogP contribution in [0.15, 0.2) is 18.1 Å². The maximum absolute atomic E-state index is 11.6. The molecule has 0 amide bonds. The zero-order valence-electron chi connectivity index (χ0n) is 14.2. The molecule has 0 saturated heterocycles. The van der Waals surface area contributed by atoms with Gasteiger partial charge in [-0.05, 0) is 17.6 Å². The Hall–Kier alpha value is -1.79. The molecule has 2 atom stereocenters. The molecule has 0 heterocycles. The van der Waals surface area contributed by atoms with Crippen molar-refractivity contribution in [3.8, 4) is 11.5 Å². The molecule has 0 spiro atoms. The lowest BCUT2D eigenvalue weighted by atomic mass is 10.0. The summed E-state index contributed by atoms with van der Waals surface area (Å²) in [7, 11) is 0.843. The van der Waals surface area contributed by atoms with Crippen LogP contribution < -0.4 is 5.72 Å². The summed E-state index contributed by atoms with van der Waals surface area (Å²) < 4.78 is 48.8. The first-order valence-electron chi connectivity index (χ1n) is 6.97. The molecule has 16 heavy (non-hydrogen) atoms. The van der Waals surface area contributed by atoms with Gasteiger partial charge in [-0.15, -0.1) is 0 Å². The second kappa shape index (κ2) is 4.82. The molecule has 0 aliphatic rings. The van der Waals surface area contributed by atoms with Crippen molar-refractivity contribution in [2.24, 2.45) is 5.72 Å². The lowest BCUT2D eigenvalue weighted by Crippen LogP contribution is -2.37. The van der Waals surface area contributed by atoms with E-state index in [2.05, 4.69) is 4.74 Å². The highest BCUT2D eigenvalue weighted by atomic mass is 16.5. The molecule has 88 valence electrons. The van der Waals surface area contributed by atoms with Crippen molar-refractivity contribution in [1.29, 1.82) is 0 Å². The van der Waals surface area contributed by atoms with E-state index >= 15 is 0 Å². The fraction of sp³-hybridized carbons (Fsp3) is 0.300. The van der Waals surface area contributed by atoms with Crippen LogP contribution in [-0.4, -0.2) is 34.4 Å². The number of carbonyl (C=O) groups is 1. The molecule has 1 rings (SSSR count). The lowest BCUT2D eigenvalue weighted by Gasteiger charge is -2.17. The van der Waals surface area contributed by atoms with Gasteiger partial charge in [0.15, 0.2) is 11.5 Å². The van der Waals surface area contributed by atoms with E-state index in [-0.39, 0.29) is 0 Å². The summed E-state index contributed by atoms with van der Waals surface area (Å²) in [4.78, 5) is 11.6. The predicted octanol–water partition coefficient (Wildman–Crippen LogP) is -0.368. The largest absolute Gasteiger partial charge is 0.504 e. The van der Waals surface area contributed by atoms with E-state index in [1.54, 1.807) is 0 Å². The van der Waals surface area contributed by atoms with Gasteiger partial charge in [-0.1, -0.05) is 6.04 Å². The van der Waals surface area contributed by atoms with Gasteiger partial charge in [0, 0.05) is 0 Å². The van der Waals surface area contributed by atoms with Crippen LogP contribution in [0.4, 0.5) is 0 Å². The van der Waals surface area contributed by atoms with E-state index in [1.165, 1.54) is 0 Å². The quantitative estimate of drug-likeness (QED) is 0.417. The van der Waals surface area contributed by atoms with Crippen molar-refractivity contribution in [3.63, 3.8) is 0 Å². The molecule has 0 radical (unpaired) electrons. The number of hydrogen-bond acceptors (Lipinski definition) is 6. The molecular formula is C10H13NO5. The normalized spacial score (nSPS) is 21.7. The molecule has 1 aromatic carbocycles. The summed E-state index contributed by atoms with van der Waals surface area (Å²) >= 11 is 0. The highest BCUT2D eigenvalue weighted by Crippen LogP contribution is 2.28. The summed E-state index contributed by atoms with van der Waals surface area (Å²) in [5.41, 5.74) is -1.36. The first-order chi connectivity index (χ1) is 10.0. The minimum absolute atomic E-state index is 0.490. The predicted molar refractivity (Wildman–Crippen MR) is 54.7 cm³/mol. The van der Waals surface area contributed by atoms with Crippen LogP contribution in [0.2, 0.25) is 2.82 Å². The number of phenols is 2. The third kappa shape index (κ3) is 2.41. The molecule has 1 aromatic rings. The summed E-state index contributed by atoms with van der Waals surface area (Å²) in [5.74, 6) is -3.74. The smallest absolute Gasteiger partial charge is 0.325 e.